The van der Waals surface area contributed by atoms with Crippen molar-refractivity contribution in [2.75, 3.05) is 14.1 Å². The lowest BCUT2D eigenvalue weighted by molar-refractivity contribution is 0.285. The zero-order chi connectivity index (χ0) is 9.84. The Hall–Kier alpha value is -0.930. The predicted octanol–water partition coefficient (Wildman–Crippen LogP) is 1.70. The molecule has 0 atom stereocenters. The lowest BCUT2D eigenvalue weighted by Crippen LogP contribution is -2.29. The summed E-state index contributed by atoms with van der Waals surface area (Å²) in [6, 6.07) is 4.84. The van der Waals surface area contributed by atoms with Gasteiger partial charge in [0.05, 0.1) is 0 Å². The van der Waals surface area contributed by atoms with Crippen LogP contribution in [0, 0.1) is 12.7 Å². The van der Waals surface area contributed by atoms with Crippen molar-refractivity contribution in [1.82, 2.24) is 10.4 Å². The maximum Gasteiger partial charge on any atom is 0.123 e. The monoisotopic (exact) mass is 182 g/mol. The Balaban J connectivity index is 2.70. The lowest BCUT2D eigenvalue weighted by atomic mass is 10.1. The average Bonchev–Trinajstić information content (AvgIpc) is 2.06. The van der Waals surface area contributed by atoms with Gasteiger partial charge in [-0.25, -0.2) is 4.39 Å². The van der Waals surface area contributed by atoms with E-state index in [1.165, 1.54) is 6.07 Å². The van der Waals surface area contributed by atoms with Crippen molar-refractivity contribution in [3.8, 4) is 0 Å². The smallest absolute Gasteiger partial charge is 0.123 e. The van der Waals surface area contributed by atoms with Gasteiger partial charge in [0.25, 0.3) is 0 Å². The zero-order valence-electron chi connectivity index (χ0n) is 8.26. The zero-order valence-corrected chi connectivity index (χ0v) is 8.26. The van der Waals surface area contributed by atoms with Crippen LogP contribution < -0.4 is 5.43 Å². The molecule has 0 aliphatic carbocycles. The van der Waals surface area contributed by atoms with E-state index in [0.29, 0.717) is 6.54 Å². The quantitative estimate of drug-likeness (QED) is 0.716. The molecule has 0 unspecified atom stereocenters. The summed E-state index contributed by atoms with van der Waals surface area (Å²) in [4.78, 5) is 0. The average molecular weight is 182 g/mol. The highest BCUT2D eigenvalue weighted by Gasteiger charge is 1.99. The van der Waals surface area contributed by atoms with E-state index in [9.17, 15) is 4.39 Å². The molecule has 1 rings (SSSR count). The molecule has 0 bridgehead atoms. The Morgan fingerprint density at radius 2 is 2.08 bits per heavy atom. The van der Waals surface area contributed by atoms with E-state index in [0.717, 1.165) is 11.1 Å². The number of aryl methyl sites for hydroxylation is 1. The molecule has 0 heterocycles. The summed E-state index contributed by atoms with van der Waals surface area (Å²) in [7, 11) is 3.82. The molecule has 0 radical (unpaired) electrons. The van der Waals surface area contributed by atoms with Gasteiger partial charge in [0, 0.05) is 20.6 Å². The maximum absolute atomic E-state index is 12.8. The number of rotatable bonds is 3. The number of halogens is 1. The largest absolute Gasteiger partial charge is 0.251 e. The molecule has 0 aromatic heterocycles. The Morgan fingerprint density at radius 1 is 1.38 bits per heavy atom. The number of nitrogens with zero attached hydrogens (tertiary/aromatic N) is 1. The predicted molar refractivity (Wildman–Crippen MR) is 51.7 cm³/mol. The third-order valence-corrected chi connectivity index (χ3v) is 1.90. The van der Waals surface area contributed by atoms with Crippen LogP contribution in [-0.2, 0) is 6.54 Å². The maximum atomic E-state index is 12.8. The van der Waals surface area contributed by atoms with Crippen molar-refractivity contribution >= 4 is 0 Å². The molecule has 0 fully saturated rings. The van der Waals surface area contributed by atoms with Gasteiger partial charge in [0.2, 0.25) is 0 Å². The third-order valence-electron chi connectivity index (χ3n) is 1.90. The van der Waals surface area contributed by atoms with E-state index in [1.54, 1.807) is 12.1 Å². The second-order valence-electron chi connectivity index (χ2n) is 3.30. The van der Waals surface area contributed by atoms with Gasteiger partial charge in [-0.3, -0.25) is 10.4 Å². The van der Waals surface area contributed by atoms with Gasteiger partial charge in [-0.15, -0.1) is 0 Å². The summed E-state index contributed by atoms with van der Waals surface area (Å²) >= 11 is 0. The summed E-state index contributed by atoms with van der Waals surface area (Å²) < 4.78 is 12.8. The Morgan fingerprint density at radius 3 is 2.69 bits per heavy atom. The van der Waals surface area contributed by atoms with Gasteiger partial charge in [-0.1, -0.05) is 6.07 Å². The SMILES string of the molecule is Cc1ccc(F)cc1CNN(C)C. The van der Waals surface area contributed by atoms with Crippen LogP contribution in [0.1, 0.15) is 11.1 Å². The van der Waals surface area contributed by atoms with Crippen molar-refractivity contribution < 1.29 is 4.39 Å². The first-order chi connectivity index (χ1) is 6.09. The van der Waals surface area contributed by atoms with Crippen molar-refractivity contribution in [2.45, 2.75) is 13.5 Å². The molecule has 1 aromatic rings. The lowest BCUT2D eigenvalue weighted by Gasteiger charge is -2.13. The van der Waals surface area contributed by atoms with Crippen LogP contribution >= 0.6 is 0 Å². The summed E-state index contributed by atoms with van der Waals surface area (Å²) in [6.07, 6.45) is 0. The molecule has 1 N–H and O–H groups in total. The molecule has 0 amide bonds. The fourth-order valence-corrected chi connectivity index (χ4v) is 1.07. The van der Waals surface area contributed by atoms with Crippen LogP contribution in [0.25, 0.3) is 0 Å². The number of nitrogens with one attached hydrogen (secondary N) is 1. The molecule has 2 nitrogen and oxygen atoms in total. The van der Waals surface area contributed by atoms with E-state index in [4.69, 9.17) is 0 Å². The van der Waals surface area contributed by atoms with Crippen LogP contribution in [-0.4, -0.2) is 19.1 Å². The number of benzene rings is 1. The van der Waals surface area contributed by atoms with Crippen LogP contribution in [0.2, 0.25) is 0 Å². The Labute approximate surface area is 78.3 Å². The highest BCUT2D eigenvalue weighted by atomic mass is 19.1. The third kappa shape index (κ3) is 3.13. The highest BCUT2D eigenvalue weighted by Crippen LogP contribution is 2.09. The molecule has 0 spiro atoms. The number of hydrogen-bond donors (Lipinski definition) is 1. The first-order valence-corrected chi connectivity index (χ1v) is 4.25. The van der Waals surface area contributed by atoms with Gasteiger partial charge >= 0.3 is 0 Å². The van der Waals surface area contributed by atoms with Gasteiger partial charge in [-0.2, -0.15) is 0 Å². The fourth-order valence-electron chi connectivity index (χ4n) is 1.07. The number of hydrazine groups is 1. The molecule has 72 valence electrons. The minimum atomic E-state index is -0.179. The van der Waals surface area contributed by atoms with E-state index < -0.39 is 0 Å². The van der Waals surface area contributed by atoms with Gasteiger partial charge in [0.1, 0.15) is 5.82 Å². The molecule has 13 heavy (non-hydrogen) atoms. The number of hydrogen-bond acceptors (Lipinski definition) is 2. The first-order valence-electron chi connectivity index (χ1n) is 4.25. The van der Waals surface area contributed by atoms with E-state index in [1.807, 2.05) is 26.0 Å². The topological polar surface area (TPSA) is 15.3 Å². The second-order valence-corrected chi connectivity index (χ2v) is 3.30. The Kier molecular flexibility index (Phi) is 3.39. The van der Waals surface area contributed by atoms with Crippen molar-refractivity contribution in [1.29, 1.82) is 0 Å². The highest BCUT2D eigenvalue weighted by molar-refractivity contribution is 5.26. The first kappa shape index (κ1) is 10.2. The molecule has 0 aliphatic rings. The molecule has 3 heteroatoms. The van der Waals surface area contributed by atoms with Gasteiger partial charge < -0.3 is 0 Å². The van der Waals surface area contributed by atoms with E-state index >= 15 is 0 Å². The molecule has 0 aliphatic heterocycles. The standard InChI is InChI=1S/C10H15FN2/c1-8-4-5-10(11)6-9(8)7-12-13(2)3/h4-6,12H,7H2,1-3H3. The molecule has 0 saturated heterocycles. The van der Waals surface area contributed by atoms with Crippen molar-refractivity contribution in [3.63, 3.8) is 0 Å². The normalized spacial score (nSPS) is 10.8. The van der Waals surface area contributed by atoms with Crippen molar-refractivity contribution in [3.05, 3.63) is 35.1 Å². The fraction of sp³-hybridized carbons (Fsp3) is 0.400. The van der Waals surface area contributed by atoms with E-state index in [-0.39, 0.29) is 5.82 Å². The van der Waals surface area contributed by atoms with Crippen molar-refractivity contribution in [2.24, 2.45) is 0 Å². The summed E-state index contributed by atoms with van der Waals surface area (Å²) in [5, 5.41) is 1.85. The molecular formula is C10H15FN2. The molecular weight excluding hydrogens is 167 g/mol. The van der Waals surface area contributed by atoms with Crippen LogP contribution in [0.4, 0.5) is 4.39 Å². The molecule has 0 saturated carbocycles. The summed E-state index contributed by atoms with van der Waals surface area (Å²) in [5.41, 5.74) is 5.20. The Bertz CT molecular complexity index is 284. The van der Waals surface area contributed by atoms with Gasteiger partial charge in [-0.05, 0) is 30.2 Å². The van der Waals surface area contributed by atoms with Crippen LogP contribution in [0.5, 0.6) is 0 Å². The summed E-state index contributed by atoms with van der Waals surface area (Å²) in [5.74, 6) is -0.179. The molecule has 1 aromatic carbocycles. The van der Waals surface area contributed by atoms with Gasteiger partial charge in [0.15, 0.2) is 0 Å². The minimum Gasteiger partial charge on any atom is -0.251 e. The van der Waals surface area contributed by atoms with Crippen LogP contribution in [0.3, 0.4) is 0 Å². The minimum absolute atomic E-state index is 0.179. The second kappa shape index (κ2) is 4.35. The van der Waals surface area contributed by atoms with E-state index in [2.05, 4.69) is 5.43 Å². The van der Waals surface area contributed by atoms with Crippen LogP contribution in [0.15, 0.2) is 18.2 Å². The summed E-state index contributed by atoms with van der Waals surface area (Å²) in [6.45, 7) is 2.64.